The van der Waals surface area contributed by atoms with Gasteiger partial charge in [0.25, 0.3) is 5.91 Å². The molecule has 0 spiro atoms. The molecule has 1 unspecified atom stereocenters. The first kappa shape index (κ1) is 48.6. The van der Waals surface area contributed by atoms with Crippen LogP contribution in [0.15, 0.2) is 35.4 Å². The molecule has 4 aliphatic heterocycles. The van der Waals surface area contributed by atoms with E-state index in [0.717, 1.165) is 43.5 Å². The normalized spacial score (nSPS) is 19.8. The molecule has 1 aliphatic carbocycles. The van der Waals surface area contributed by atoms with E-state index in [2.05, 4.69) is 49.4 Å². The highest BCUT2D eigenvalue weighted by atomic mass is 19.1. The van der Waals surface area contributed by atoms with Crippen LogP contribution in [0.5, 0.6) is 0 Å². The van der Waals surface area contributed by atoms with Gasteiger partial charge in [-0.15, -0.1) is 0 Å². The van der Waals surface area contributed by atoms with Crippen LogP contribution in [0.1, 0.15) is 84.8 Å². The Bertz CT molecular complexity index is 2870. The maximum atomic E-state index is 15.4. The lowest BCUT2D eigenvalue weighted by atomic mass is 9.78. The minimum Gasteiger partial charge on any atom is -0.439 e. The molecule has 1 aromatic carbocycles. The Morgan fingerprint density at radius 1 is 0.833 bits per heavy atom. The summed E-state index contributed by atoms with van der Waals surface area (Å²) in [5, 5.41) is 15.0. The zero-order valence-electron chi connectivity index (χ0n) is 41.3. The smallest absolute Gasteiger partial charge is 0.410 e. The second-order valence-corrected chi connectivity index (χ2v) is 20.9. The summed E-state index contributed by atoms with van der Waals surface area (Å²) in [6.07, 6.45) is 8.21. The first-order chi connectivity index (χ1) is 34.4. The number of piperazine rings is 2. The average molecular weight is 994 g/mol. The van der Waals surface area contributed by atoms with Gasteiger partial charge in [0.05, 0.1) is 45.9 Å². The quantitative estimate of drug-likeness (QED) is 0.151. The van der Waals surface area contributed by atoms with E-state index in [1.54, 1.807) is 22.2 Å². The van der Waals surface area contributed by atoms with Gasteiger partial charge in [0.15, 0.2) is 23.8 Å². The Morgan fingerprint density at radius 2 is 1.53 bits per heavy atom. The Hall–Kier alpha value is -7.04. The Morgan fingerprint density at radius 3 is 2.19 bits per heavy atom. The van der Waals surface area contributed by atoms with Crippen LogP contribution in [0, 0.1) is 17.6 Å². The Kier molecular flexibility index (Phi) is 12.9. The van der Waals surface area contributed by atoms with Gasteiger partial charge in [-0.3, -0.25) is 24.6 Å². The fourth-order valence-corrected chi connectivity index (χ4v) is 10.5. The zero-order valence-corrected chi connectivity index (χ0v) is 41.3. The summed E-state index contributed by atoms with van der Waals surface area (Å²) in [6.45, 7) is 15.3. The van der Waals surface area contributed by atoms with E-state index in [4.69, 9.17) is 30.1 Å². The molecule has 21 nitrogen and oxygen atoms in total. The van der Waals surface area contributed by atoms with Crippen LogP contribution < -0.4 is 26.2 Å². The summed E-state index contributed by atoms with van der Waals surface area (Å²) in [5.41, 5.74) is 8.84. The number of likely N-dealkylation sites (tertiary alicyclic amines) is 1. The number of piperidine rings is 2. The lowest BCUT2D eigenvalue weighted by Crippen LogP contribution is -2.59. The van der Waals surface area contributed by atoms with E-state index in [1.165, 1.54) is 6.33 Å². The summed E-state index contributed by atoms with van der Waals surface area (Å²) in [6, 6.07) is 1.40. The van der Waals surface area contributed by atoms with Crippen molar-refractivity contribution in [1.29, 1.82) is 0 Å². The summed E-state index contributed by atoms with van der Waals surface area (Å²) in [7, 11) is 0. The Balaban J connectivity index is 0.682. The molecule has 4 aromatic heterocycles. The third kappa shape index (κ3) is 9.57. The number of imide groups is 1. The van der Waals surface area contributed by atoms with E-state index in [9.17, 15) is 19.2 Å². The molecule has 1 saturated carbocycles. The number of nitrogens with one attached hydrogen (secondary N) is 2. The van der Waals surface area contributed by atoms with Crippen molar-refractivity contribution >= 4 is 57.7 Å². The standard InChI is InChI=1S/C49H61F2N15O6/c1-48(2,3)66-45-39(43(52)55-27-56-45)40(59-66)41-38(42(72-60-41)28-6-7-28)44-53-24-30(25-54-44)61-14-16-64(17-15-61)47(70)71-26-37(68)63-12-10-29(11-13-63)49(4,5)65-20-18-62(19-21-65)35-23-31(50)34(22-32(35)51)57-33-8-9-36(67)58-46(33)69/h22-25,27-29,33,57H,6-21,26H2,1-5H3,(H2,52,55,56)(H,58,67,69). The monoisotopic (exact) mass is 993 g/mol. The van der Waals surface area contributed by atoms with Gasteiger partial charge < -0.3 is 39.9 Å². The molecule has 4 N–H and O–H groups in total. The second-order valence-electron chi connectivity index (χ2n) is 20.9. The van der Waals surface area contributed by atoms with E-state index >= 15 is 8.78 Å². The Labute approximate surface area is 414 Å². The molecule has 5 aromatic rings. The van der Waals surface area contributed by atoms with Crippen molar-refractivity contribution in [1.82, 2.24) is 54.9 Å². The van der Waals surface area contributed by atoms with Crippen LogP contribution in [-0.2, 0) is 24.7 Å². The van der Waals surface area contributed by atoms with Crippen molar-refractivity contribution in [2.24, 2.45) is 5.92 Å². The maximum Gasteiger partial charge on any atom is 0.410 e. The lowest BCUT2D eigenvalue weighted by Gasteiger charge is -2.50. The minimum absolute atomic E-state index is 0.120. The van der Waals surface area contributed by atoms with Crippen molar-refractivity contribution in [2.45, 2.75) is 96.2 Å². The van der Waals surface area contributed by atoms with E-state index < -0.39 is 35.2 Å². The number of benzene rings is 1. The molecule has 0 radical (unpaired) electrons. The summed E-state index contributed by atoms with van der Waals surface area (Å²) >= 11 is 0. The predicted molar refractivity (Wildman–Crippen MR) is 262 cm³/mol. The number of nitrogens with zero attached hydrogens (tertiary/aromatic N) is 12. The first-order valence-electron chi connectivity index (χ1n) is 24.8. The third-order valence-electron chi connectivity index (χ3n) is 15.0. The van der Waals surface area contributed by atoms with Crippen LogP contribution in [0.3, 0.4) is 0 Å². The van der Waals surface area contributed by atoms with Gasteiger partial charge in [-0.1, -0.05) is 5.16 Å². The van der Waals surface area contributed by atoms with Gasteiger partial charge in [0, 0.05) is 95.5 Å². The molecule has 72 heavy (non-hydrogen) atoms. The van der Waals surface area contributed by atoms with Crippen LogP contribution in [0.25, 0.3) is 33.8 Å². The highest BCUT2D eigenvalue weighted by Gasteiger charge is 2.41. The van der Waals surface area contributed by atoms with Gasteiger partial charge >= 0.3 is 6.09 Å². The van der Waals surface area contributed by atoms with E-state index in [1.807, 2.05) is 30.4 Å². The molecule has 382 valence electrons. The van der Waals surface area contributed by atoms with Gasteiger partial charge in [-0.2, -0.15) is 5.10 Å². The van der Waals surface area contributed by atoms with Gasteiger partial charge in [0.2, 0.25) is 11.8 Å². The summed E-state index contributed by atoms with van der Waals surface area (Å²) < 4.78 is 43.9. The minimum atomic E-state index is -0.827. The average Bonchev–Trinajstić information content (AvgIpc) is 3.99. The summed E-state index contributed by atoms with van der Waals surface area (Å²) in [4.78, 5) is 78.2. The molecular weight excluding hydrogens is 933 g/mol. The van der Waals surface area contributed by atoms with Crippen molar-refractivity contribution in [3.8, 4) is 22.8 Å². The molecule has 0 bridgehead atoms. The van der Waals surface area contributed by atoms with Crippen LogP contribution in [0.2, 0.25) is 0 Å². The van der Waals surface area contributed by atoms with Crippen LogP contribution in [0.4, 0.5) is 36.5 Å². The van der Waals surface area contributed by atoms with E-state index in [-0.39, 0.29) is 65.8 Å². The molecular formula is C49H61F2N15O6. The molecule has 8 heterocycles. The number of hydrogen-bond donors (Lipinski definition) is 3. The SMILES string of the molecule is CC(C)(C1CCN(C(=O)COC(=O)N2CCN(c3cnc(-c4c(-c5nn(C(C)(C)C)c6ncnc(N)c56)noc4C4CC4)nc3)CC2)CC1)N1CCN(c2cc(F)c(NC3CCC(=O)NC3=O)cc2F)CC1. The number of rotatable bonds is 11. The topological polar surface area (TPSA) is 239 Å². The number of fused-ring (bicyclic) bond motifs is 1. The number of nitrogen functional groups attached to an aromatic ring is 1. The number of anilines is 4. The summed E-state index contributed by atoms with van der Waals surface area (Å²) in [5.74, 6) is -0.534. The fourth-order valence-electron chi connectivity index (χ4n) is 10.5. The van der Waals surface area contributed by atoms with Gasteiger partial charge in [-0.25, -0.2) is 38.2 Å². The zero-order chi connectivity index (χ0) is 50.6. The van der Waals surface area contributed by atoms with E-state index in [0.29, 0.717) is 105 Å². The number of aromatic nitrogens is 7. The maximum absolute atomic E-state index is 15.4. The van der Waals surface area contributed by atoms with Crippen molar-refractivity contribution in [3.63, 3.8) is 0 Å². The van der Waals surface area contributed by atoms with Crippen molar-refractivity contribution in [3.05, 3.63) is 48.2 Å². The number of ether oxygens (including phenoxy) is 1. The largest absolute Gasteiger partial charge is 0.439 e. The third-order valence-corrected chi connectivity index (χ3v) is 15.0. The van der Waals surface area contributed by atoms with Crippen LogP contribution >= 0.6 is 0 Å². The molecule has 4 saturated heterocycles. The van der Waals surface area contributed by atoms with Crippen molar-refractivity contribution in [2.75, 3.05) is 92.9 Å². The highest BCUT2D eigenvalue weighted by Crippen LogP contribution is 2.48. The number of halogens is 2. The molecule has 5 fully saturated rings. The number of carbonyl (C=O) groups excluding carboxylic acids is 4. The molecule has 4 amide bonds. The number of amides is 4. The predicted octanol–water partition coefficient (Wildman–Crippen LogP) is 4.75. The molecule has 10 rings (SSSR count). The van der Waals surface area contributed by atoms with Crippen molar-refractivity contribution < 1.29 is 37.2 Å². The molecule has 5 aliphatic rings. The fraction of sp³-hybridized carbons (Fsp3) is 0.551. The van der Waals surface area contributed by atoms with Gasteiger partial charge in [0.1, 0.15) is 41.2 Å². The first-order valence-corrected chi connectivity index (χ1v) is 24.8. The molecule has 1 atom stereocenters. The lowest BCUT2D eigenvalue weighted by molar-refractivity contribution is -0.137. The number of nitrogens with two attached hydrogens (primary N) is 1. The second kappa shape index (κ2) is 19.2. The molecule has 23 heteroatoms. The van der Waals surface area contributed by atoms with Gasteiger partial charge in [-0.05, 0) is 72.6 Å². The number of hydrogen-bond acceptors (Lipinski definition) is 17. The van der Waals surface area contributed by atoms with Crippen LogP contribution in [-0.4, -0.2) is 157 Å². The highest BCUT2D eigenvalue weighted by molar-refractivity contribution is 6.02. The number of carbonyl (C=O) groups is 4.